The number of likely N-dealkylation sites (N-methyl/N-ethyl adjacent to an activating group) is 1. The summed E-state index contributed by atoms with van der Waals surface area (Å²) in [4.78, 5) is 80.6. The van der Waals surface area contributed by atoms with Crippen LogP contribution in [0.4, 0.5) is 0 Å². The molecule has 1 amide bonds. The van der Waals surface area contributed by atoms with E-state index in [1.54, 1.807) is 43.3 Å². The fraction of sp³-hybridized carbons (Fsp3) is 0.333. The van der Waals surface area contributed by atoms with Crippen molar-refractivity contribution >= 4 is 46.1 Å². The zero-order valence-electron chi connectivity index (χ0n) is 24.1. The molecule has 0 aliphatic heterocycles. The Morgan fingerprint density at radius 1 is 0.955 bits per heavy atom. The normalized spacial score (nSPS) is 31.5. The van der Waals surface area contributed by atoms with E-state index in [2.05, 4.69) is 0 Å². The monoisotopic (exact) mass is 598 g/mol. The number of aliphatic hydroxyl groups excluding tert-OH is 1. The summed E-state index contributed by atoms with van der Waals surface area (Å²) in [5.74, 6) is -14.0. The predicted octanol–water partition coefficient (Wildman–Crippen LogP) is 1.03. The number of aliphatic hydroxyl groups is 2. The zero-order valence-corrected chi connectivity index (χ0v) is 24.1. The number of carbonyl (C=O) groups excluding carboxylic acids is 6. The minimum atomic E-state index is -3.07. The number of nitrogens with two attached hydrogens (primary N) is 1. The Balaban J connectivity index is 1.60. The number of hydrogen-bond acceptors (Lipinski definition) is 10. The topological polar surface area (TPSA) is 192 Å². The van der Waals surface area contributed by atoms with E-state index >= 15 is 0 Å². The summed E-state index contributed by atoms with van der Waals surface area (Å²) in [7, 11) is 2.88. The highest BCUT2D eigenvalue weighted by atomic mass is 16.3. The van der Waals surface area contributed by atoms with Gasteiger partial charge in [-0.2, -0.15) is 0 Å². The number of carbonyl (C=O) groups is 6. The van der Waals surface area contributed by atoms with Crippen LogP contribution in [-0.2, 0) is 19.2 Å². The molecule has 0 aromatic heterocycles. The second-order valence-electron chi connectivity index (χ2n) is 12.2. The number of aromatic hydroxyl groups is 1. The van der Waals surface area contributed by atoms with Gasteiger partial charge in [-0.25, -0.2) is 0 Å². The molecule has 226 valence electrons. The lowest BCUT2D eigenvalue weighted by molar-refractivity contribution is -0.196. The molecule has 2 unspecified atom stereocenters. The molecule has 0 spiro atoms. The number of hydrogen-bond donors (Lipinski definition) is 4. The lowest BCUT2D eigenvalue weighted by atomic mass is 9.49. The Morgan fingerprint density at radius 3 is 2.20 bits per heavy atom. The van der Waals surface area contributed by atoms with Gasteiger partial charge in [-0.05, 0) is 53.5 Å². The number of amides is 1. The van der Waals surface area contributed by atoms with Crippen molar-refractivity contribution in [1.82, 2.24) is 4.90 Å². The molecule has 8 atom stereocenters. The lowest BCUT2D eigenvalue weighted by Gasteiger charge is -2.56. The Bertz CT molecular complexity index is 1830. The standard InChI is InChI=1S/C33H30N2O9/c1-13-20-18(17-9-8-14(12-36)15-6-4-5-7-16(15)17)10-11-19(37)22(20)27(38)23-21(13)28(39)25-26(35(2)3)29(40)24(32(34)43)31(42)33(25,44)30(23)41/h4-13,21,23-26,28,37,39,44H,1-3H3,(H2,34,43)/t13-,21+,23?,24?,25+,26-,28-,33-/m0/s1. The molecule has 0 heterocycles. The van der Waals surface area contributed by atoms with Gasteiger partial charge in [0.2, 0.25) is 5.91 Å². The smallest absolute Gasteiger partial charge is 0.235 e. The molecule has 3 aliphatic rings. The summed E-state index contributed by atoms with van der Waals surface area (Å²) in [6, 6.07) is 12.0. The molecule has 3 aromatic rings. The maximum Gasteiger partial charge on any atom is 0.235 e. The summed E-state index contributed by atoms with van der Waals surface area (Å²) in [6.07, 6.45) is -1.01. The molecule has 0 saturated heterocycles. The molecule has 44 heavy (non-hydrogen) atoms. The van der Waals surface area contributed by atoms with Gasteiger partial charge >= 0.3 is 0 Å². The molecule has 11 heteroatoms. The van der Waals surface area contributed by atoms with Crippen molar-refractivity contribution in [2.75, 3.05) is 14.1 Å². The van der Waals surface area contributed by atoms with Gasteiger partial charge < -0.3 is 21.1 Å². The van der Waals surface area contributed by atoms with Crippen molar-refractivity contribution in [2.45, 2.75) is 30.6 Å². The van der Waals surface area contributed by atoms with Crippen LogP contribution >= 0.6 is 0 Å². The van der Waals surface area contributed by atoms with Crippen LogP contribution in [0.1, 0.15) is 39.1 Å². The van der Waals surface area contributed by atoms with Crippen LogP contribution in [0.5, 0.6) is 5.75 Å². The minimum absolute atomic E-state index is 0.197. The summed E-state index contributed by atoms with van der Waals surface area (Å²) < 4.78 is 0. The third kappa shape index (κ3) is 3.66. The number of aldehydes is 1. The van der Waals surface area contributed by atoms with Crippen molar-refractivity contribution in [3.05, 3.63) is 65.2 Å². The summed E-state index contributed by atoms with van der Waals surface area (Å²) in [5, 5.41) is 36.1. The molecular formula is C33H30N2O9. The number of ketones is 4. The molecule has 6 rings (SSSR count). The van der Waals surface area contributed by atoms with E-state index in [4.69, 9.17) is 5.73 Å². The van der Waals surface area contributed by atoms with Gasteiger partial charge in [-0.3, -0.25) is 33.7 Å². The van der Waals surface area contributed by atoms with Gasteiger partial charge in [0.05, 0.1) is 29.5 Å². The summed E-state index contributed by atoms with van der Waals surface area (Å²) in [6.45, 7) is 1.66. The van der Waals surface area contributed by atoms with E-state index in [0.29, 0.717) is 33.0 Å². The van der Waals surface area contributed by atoms with Gasteiger partial charge in [0.1, 0.15) is 5.75 Å². The highest BCUT2D eigenvalue weighted by Gasteiger charge is 2.73. The number of primary amides is 1. The van der Waals surface area contributed by atoms with Gasteiger partial charge in [-0.15, -0.1) is 0 Å². The van der Waals surface area contributed by atoms with Crippen LogP contribution in [0.3, 0.4) is 0 Å². The van der Waals surface area contributed by atoms with Crippen LogP contribution in [0.25, 0.3) is 21.9 Å². The van der Waals surface area contributed by atoms with Crippen molar-refractivity contribution in [3.8, 4) is 16.9 Å². The number of nitrogens with zero attached hydrogens (tertiary/aromatic N) is 1. The van der Waals surface area contributed by atoms with Gasteiger partial charge in [0, 0.05) is 11.5 Å². The first-order valence-corrected chi connectivity index (χ1v) is 14.1. The lowest BCUT2D eigenvalue weighted by Crippen LogP contribution is -2.77. The van der Waals surface area contributed by atoms with E-state index in [1.165, 1.54) is 25.1 Å². The van der Waals surface area contributed by atoms with E-state index < -0.39 is 82.1 Å². The Labute approximate surface area is 251 Å². The molecule has 11 nitrogen and oxygen atoms in total. The molecule has 0 radical (unpaired) electrons. The Hall–Kier alpha value is -4.58. The van der Waals surface area contributed by atoms with Crippen LogP contribution in [0, 0.1) is 23.7 Å². The number of fused-ring (bicyclic) bond motifs is 4. The number of phenolic OH excluding ortho intramolecular Hbond substituents is 1. The van der Waals surface area contributed by atoms with E-state index in [-0.39, 0.29) is 5.56 Å². The quantitative estimate of drug-likeness (QED) is 0.249. The molecule has 3 aromatic carbocycles. The Morgan fingerprint density at radius 2 is 1.59 bits per heavy atom. The summed E-state index contributed by atoms with van der Waals surface area (Å²) in [5.41, 5.74) is 4.03. The van der Waals surface area contributed by atoms with Crippen molar-refractivity contribution in [2.24, 2.45) is 29.4 Å². The van der Waals surface area contributed by atoms with Crippen molar-refractivity contribution in [3.63, 3.8) is 0 Å². The van der Waals surface area contributed by atoms with E-state index in [0.717, 1.165) is 6.29 Å². The van der Waals surface area contributed by atoms with Gasteiger partial charge in [0.25, 0.3) is 0 Å². The second-order valence-corrected chi connectivity index (χ2v) is 12.2. The first-order valence-electron chi connectivity index (χ1n) is 14.1. The fourth-order valence-corrected chi connectivity index (χ4v) is 7.96. The number of phenols is 1. The SMILES string of the molecule is C[C@H]1c2c(-c3ccc(C=O)c4ccccc34)ccc(O)c2C(=O)C2C(=O)[C@]3(O)C(=O)C(C(N)=O)C(=O)[C@@H](N(C)C)[C@@H]3[C@@H](O)[C@@H]21. The highest BCUT2D eigenvalue weighted by molar-refractivity contribution is 6.32. The van der Waals surface area contributed by atoms with E-state index in [9.17, 15) is 44.1 Å². The highest BCUT2D eigenvalue weighted by Crippen LogP contribution is 2.56. The maximum atomic E-state index is 14.2. The molecule has 0 bridgehead atoms. The van der Waals surface area contributed by atoms with Crippen LogP contribution < -0.4 is 5.73 Å². The zero-order chi connectivity index (χ0) is 32.0. The number of rotatable bonds is 4. The molecule has 5 N–H and O–H groups in total. The van der Waals surface area contributed by atoms with Gasteiger partial charge in [-0.1, -0.05) is 49.4 Å². The fourth-order valence-electron chi connectivity index (χ4n) is 7.96. The van der Waals surface area contributed by atoms with Crippen LogP contribution in [0.2, 0.25) is 0 Å². The Kier molecular flexibility index (Phi) is 6.69. The minimum Gasteiger partial charge on any atom is -0.507 e. The largest absolute Gasteiger partial charge is 0.507 e. The number of benzene rings is 3. The van der Waals surface area contributed by atoms with Gasteiger partial charge in [0.15, 0.2) is 40.9 Å². The average molecular weight is 599 g/mol. The first kappa shape index (κ1) is 29.5. The molecule has 2 saturated carbocycles. The summed E-state index contributed by atoms with van der Waals surface area (Å²) >= 11 is 0. The van der Waals surface area contributed by atoms with Crippen molar-refractivity contribution in [1.29, 1.82) is 0 Å². The average Bonchev–Trinajstić information content (AvgIpc) is 2.98. The third-order valence-electron chi connectivity index (χ3n) is 9.84. The third-order valence-corrected chi connectivity index (χ3v) is 9.84. The van der Waals surface area contributed by atoms with E-state index in [1.807, 2.05) is 6.07 Å². The van der Waals surface area contributed by atoms with Crippen LogP contribution in [0.15, 0.2) is 48.5 Å². The second kappa shape index (κ2) is 9.98. The molecular weight excluding hydrogens is 568 g/mol. The number of Topliss-reactive ketones (excluding diaryl/α,β-unsaturated/α-hetero) is 4. The molecule has 2 fully saturated rings. The van der Waals surface area contributed by atoms with Crippen molar-refractivity contribution < 1.29 is 44.1 Å². The maximum absolute atomic E-state index is 14.2. The first-order chi connectivity index (χ1) is 20.8. The molecule has 3 aliphatic carbocycles. The predicted molar refractivity (Wildman–Crippen MR) is 156 cm³/mol. The van der Waals surface area contributed by atoms with Crippen LogP contribution in [-0.4, -0.2) is 87.4 Å².